The number of rotatable bonds is 5. The summed E-state index contributed by atoms with van der Waals surface area (Å²) >= 11 is 1.25. The molecule has 1 atom stereocenters. The number of hydrogen-bond donors (Lipinski definition) is 2. The summed E-state index contributed by atoms with van der Waals surface area (Å²) in [6.45, 7) is 4.19. The molecule has 0 fully saturated rings. The number of aryl methyl sites for hydroxylation is 1. The quantitative estimate of drug-likeness (QED) is 0.867. The van der Waals surface area contributed by atoms with Crippen molar-refractivity contribution in [2.45, 2.75) is 26.3 Å². The first kappa shape index (κ1) is 14.4. The third-order valence-corrected chi connectivity index (χ3v) is 3.50. The van der Waals surface area contributed by atoms with Gasteiger partial charge in [0.1, 0.15) is 17.8 Å². The minimum Gasteiger partial charge on any atom is -0.375 e. The SMILES string of the molecule is CC(C)CC(NC(=O)c1csc(N)n1)c1ncnn1C. The highest BCUT2D eigenvalue weighted by Crippen LogP contribution is 2.20. The summed E-state index contributed by atoms with van der Waals surface area (Å²) in [6, 6.07) is -0.196. The highest BCUT2D eigenvalue weighted by atomic mass is 32.1. The van der Waals surface area contributed by atoms with E-state index in [0.29, 0.717) is 16.7 Å². The van der Waals surface area contributed by atoms with Gasteiger partial charge in [0, 0.05) is 12.4 Å². The van der Waals surface area contributed by atoms with Gasteiger partial charge in [-0.2, -0.15) is 5.10 Å². The van der Waals surface area contributed by atoms with Crippen molar-refractivity contribution in [3.05, 3.63) is 23.2 Å². The van der Waals surface area contributed by atoms with Crippen molar-refractivity contribution >= 4 is 22.4 Å². The molecular formula is C12H18N6OS. The second-order valence-corrected chi connectivity index (χ2v) is 5.86. The van der Waals surface area contributed by atoms with Gasteiger partial charge in [0.2, 0.25) is 0 Å². The monoisotopic (exact) mass is 294 g/mol. The molecule has 2 rings (SSSR count). The van der Waals surface area contributed by atoms with E-state index in [1.54, 1.807) is 10.1 Å². The van der Waals surface area contributed by atoms with Gasteiger partial charge in [0.25, 0.3) is 5.91 Å². The minimum atomic E-state index is -0.244. The van der Waals surface area contributed by atoms with Crippen molar-refractivity contribution < 1.29 is 4.79 Å². The Morgan fingerprint density at radius 1 is 1.55 bits per heavy atom. The number of nitrogens with one attached hydrogen (secondary N) is 1. The number of carbonyl (C=O) groups is 1. The van der Waals surface area contributed by atoms with Gasteiger partial charge >= 0.3 is 0 Å². The largest absolute Gasteiger partial charge is 0.375 e. The molecule has 0 aliphatic carbocycles. The molecule has 0 saturated carbocycles. The van der Waals surface area contributed by atoms with Crippen LogP contribution in [-0.2, 0) is 7.05 Å². The van der Waals surface area contributed by atoms with E-state index in [0.717, 1.165) is 12.2 Å². The number of nitrogens with two attached hydrogens (primary N) is 1. The highest BCUT2D eigenvalue weighted by Gasteiger charge is 2.22. The van der Waals surface area contributed by atoms with Gasteiger partial charge in [0.15, 0.2) is 5.13 Å². The van der Waals surface area contributed by atoms with E-state index in [-0.39, 0.29) is 11.9 Å². The molecule has 7 nitrogen and oxygen atoms in total. The van der Waals surface area contributed by atoms with E-state index in [4.69, 9.17) is 5.73 Å². The van der Waals surface area contributed by atoms with Crippen LogP contribution in [-0.4, -0.2) is 25.7 Å². The maximum absolute atomic E-state index is 12.2. The Hall–Kier alpha value is -1.96. The zero-order valence-electron chi connectivity index (χ0n) is 11.7. The molecule has 0 saturated heterocycles. The summed E-state index contributed by atoms with van der Waals surface area (Å²) in [7, 11) is 1.81. The van der Waals surface area contributed by atoms with Gasteiger partial charge in [-0.05, 0) is 12.3 Å². The van der Waals surface area contributed by atoms with Crippen LogP contribution in [0.15, 0.2) is 11.7 Å². The number of thiazole rings is 1. The number of anilines is 1. The van der Waals surface area contributed by atoms with E-state index < -0.39 is 0 Å². The molecule has 3 N–H and O–H groups in total. The zero-order chi connectivity index (χ0) is 14.7. The summed E-state index contributed by atoms with van der Waals surface area (Å²) in [4.78, 5) is 20.4. The van der Waals surface area contributed by atoms with E-state index in [2.05, 4.69) is 34.2 Å². The van der Waals surface area contributed by atoms with Crippen LogP contribution in [0, 0.1) is 5.92 Å². The summed E-state index contributed by atoms with van der Waals surface area (Å²) in [5.41, 5.74) is 5.88. The number of nitrogen functional groups attached to an aromatic ring is 1. The second kappa shape index (κ2) is 6.00. The molecule has 0 radical (unpaired) electrons. The Kier molecular flexibility index (Phi) is 4.33. The number of nitrogens with zero attached hydrogens (tertiary/aromatic N) is 4. The van der Waals surface area contributed by atoms with Crippen LogP contribution in [0.4, 0.5) is 5.13 Å². The fourth-order valence-electron chi connectivity index (χ4n) is 1.95. The maximum Gasteiger partial charge on any atom is 0.271 e. The molecule has 0 aromatic carbocycles. The van der Waals surface area contributed by atoms with Crippen LogP contribution in [0.5, 0.6) is 0 Å². The van der Waals surface area contributed by atoms with Crippen molar-refractivity contribution in [1.29, 1.82) is 0 Å². The fraction of sp³-hybridized carbons (Fsp3) is 0.500. The molecule has 0 aliphatic heterocycles. The molecular weight excluding hydrogens is 276 g/mol. The van der Waals surface area contributed by atoms with E-state index in [9.17, 15) is 4.79 Å². The Morgan fingerprint density at radius 3 is 2.80 bits per heavy atom. The molecule has 2 aromatic rings. The number of carbonyl (C=O) groups excluding carboxylic acids is 1. The second-order valence-electron chi connectivity index (χ2n) is 4.97. The van der Waals surface area contributed by atoms with E-state index in [1.807, 2.05) is 7.05 Å². The average molecular weight is 294 g/mol. The fourth-order valence-corrected chi connectivity index (χ4v) is 2.49. The maximum atomic E-state index is 12.2. The van der Waals surface area contributed by atoms with Gasteiger partial charge < -0.3 is 11.1 Å². The molecule has 20 heavy (non-hydrogen) atoms. The zero-order valence-corrected chi connectivity index (χ0v) is 12.5. The van der Waals surface area contributed by atoms with Crippen molar-refractivity contribution in [3.63, 3.8) is 0 Å². The van der Waals surface area contributed by atoms with Crippen LogP contribution in [0.1, 0.15) is 42.6 Å². The predicted molar refractivity (Wildman–Crippen MR) is 77.2 cm³/mol. The first-order valence-electron chi connectivity index (χ1n) is 6.33. The molecule has 1 amide bonds. The highest BCUT2D eigenvalue weighted by molar-refractivity contribution is 7.13. The molecule has 2 heterocycles. The summed E-state index contributed by atoms with van der Waals surface area (Å²) in [5, 5.41) is 9.03. The van der Waals surface area contributed by atoms with Crippen molar-refractivity contribution in [1.82, 2.24) is 25.1 Å². The Balaban J connectivity index is 2.16. The standard InChI is InChI=1S/C12H18N6OS/c1-7(2)4-8(10-14-6-15-18(10)3)16-11(19)9-5-20-12(13)17-9/h5-8H,4H2,1-3H3,(H2,13,17)(H,16,19). The lowest BCUT2D eigenvalue weighted by Gasteiger charge is -2.19. The van der Waals surface area contributed by atoms with Crippen molar-refractivity contribution in [2.75, 3.05) is 5.73 Å². The number of amides is 1. The number of hydrogen-bond acceptors (Lipinski definition) is 6. The summed E-state index contributed by atoms with van der Waals surface area (Å²) in [6.07, 6.45) is 2.26. The Labute approximate surface area is 121 Å². The number of aromatic nitrogens is 4. The van der Waals surface area contributed by atoms with Crippen LogP contribution in [0.3, 0.4) is 0 Å². The van der Waals surface area contributed by atoms with Crippen LogP contribution < -0.4 is 11.1 Å². The van der Waals surface area contributed by atoms with Crippen molar-refractivity contribution in [3.8, 4) is 0 Å². The van der Waals surface area contributed by atoms with Gasteiger partial charge in [-0.15, -0.1) is 11.3 Å². The lowest BCUT2D eigenvalue weighted by atomic mass is 10.0. The first-order chi connectivity index (χ1) is 9.47. The lowest BCUT2D eigenvalue weighted by molar-refractivity contribution is 0.0924. The van der Waals surface area contributed by atoms with Crippen molar-refractivity contribution in [2.24, 2.45) is 13.0 Å². The summed E-state index contributed by atoms with van der Waals surface area (Å²) < 4.78 is 1.67. The Morgan fingerprint density at radius 2 is 2.30 bits per heavy atom. The van der Waals surface area contributed by atoms with Gasteiger partial charge in [-0.1, -0.05) is 13.8 Å². The van der Waals surface area contributed by atoms with Gasteiger partial charge in [-0.25, -0.2) is 9.97 Å². The lowest BCUT2D eigenvalue weighted by Crippen LogP contribution is -2.31. The van der Waals surface area contributed by atoms with E-state index in [1.165, 1.54) is 17.7 Å². The van der Waals surface area contributed by atoms with Gasteiger partial charge in [0.05, 0.1) is 6.04 Å². The van der Waals surface area contributed by atoms with E-state index >= 15 is 0 Å². The third-order valence-electron chi connectivity index (χ3n) is 2.83. The van der Waals surface area contributed by atoms with Crippen LogP contribution in [0.25, 0.3) is 0 Å². The smallest absolute Gasteiger partial charge is 0.271 e. The summed E-state index contributed by atoms with van der Waals surface area (Å²) in [5.74, 6) is 0.902. The molecule has 8 heteroatoms. The Bertz CT molecular complexity index is 590. The first-order valence-corrected chi connectivity index (χ1v) is 7.21. The van der Waals surface area contributed by atoms with Gasteiger partial charge in [-0.3, -0.25) is 9.48 Å². The minimum absolute atomic E-state index is 0.196. The molecule has 1 unspecified atom stereocenters. The predicted octanol–water partition coefficient (Wildman–Crippen LogP) is 1.37. The third kappa shape index (κ3) is 3.32. The van der Waals surface area contributed by atoms with Crippen LogP contribution in [0.2, 0.25) is 0 Å². The molecule has 0 spiro atoms. The van der Waals surface area contributed by atoms with Crippen LogP contribution >= 0.6 is 11.3 Å². The molecule has 0 aliphatic rings. The molecule has 2 aromatic heterocycles. The molecule has 108 valence electrons. The normalized spacial score (nSPS) is 12.6. The molecule has 0 bridgehead atoms. The average Bonchev–Trinajstić information content (AvgIpc) is 2.96. The topological polar surface area (TPSA) is 98.7 Å².